The fraction of sp³-hybridized carbons (Fsp3) is 0.367. The van der Waals surface area contributed by atoms with Crippen molar-refractivity contribution in [3.63, 3.8) is 0 Å². The molecule has 1 aliphatic rings. The molecule has 0 radical (unpaired) electrons. The molecule has 0 spiro atoms. The molecule has 7 nitrogen and oxygen atoms in total. The Bertz CT molecular complexity index is 1460. The normalized spacial score (nSPS) is 13.7. The monoisotopic (exact) mass is 546 g/mol. The van der Waals surface area contributed by atoms with Gasteiger partial charge in [0.05, 0.1) is 18.5 Å². The summed E-state index contributed by atoms with van der Waals surface area (Å²) in [6.45, 7) is 12.7. The number of halogens is 1. The maximum Gasteiger partial charge on any atom is 0.212 e. The second-order valence-corrected chi connectivity index (χ2v) is 17.2. The molecule has 0 aliphatic heterocycles. The minimum atomic E-state index is -1.23. The standard InChI is InChI=1S/C30H35FN4O3Si/c1-30(2)23-15-25(38-18-20-8-7-11-32-16-20)24(36-3)14-22(23)29-27(30)28(21-9-10-26(31)33-17-21)34-35(29)19-37-12-13-39(4,5)6/h7-11,14-17H,12-13,18-19H2,1-6H3. The van der Waals surface area contributed by atoms with Crippen LogP contribution in [0.4, 0.5) is 4.39 Å². The lowest BCUT2D eigenvalue weighted by Crippen LogP contribution is -2.22. The van der Waals surface area contributed by atoms with Gasteiger partial charge in [-0.2, -0.15) is 9.49 Å². The molecule has 0 atom stereocenters. The van der Waals surface area contributed by atoms with Crippen LogP contribution in [0.5, 0.6) is 11.5 Å². The summed E-state index contributed by atoms with van der Waals surface area (Å²) in [7, 11) is 0.411. The zero-order chi connectivity index (χ0) is 27.8. The number of pyridine rings is 2. The van der Waals surface area contributed by atoms with Gasteiger partial charge in [0.2, 0.25) is 5.95 Å². The molecule has 4 aromatic rings. The van der Waals surface area contributed by atoms with E-state index in [2.05, 4.69) is 49.5 Å². The predicted molar refractivity (Wildman–Crippen MR) is 152 cm³/mol. The summed E-state index contributed by atoms with van der Waals surface area (Å²) in [4.78, 5) is 8.08. The van der Waals surface area contributed by atoms with Crippen molar-refractivity contribution in [1.82, 2.24) is 19.7 Å². The summed E-state index contributed by atoms with van der Waals surface area (Å²) in [6, 6.07) is 12.1. The summed E-state index contributed by atoms with van der Waals surface area (Å²) >= 11 is 0. The molecule has 0 fully saturated rings. The predicted octanol–water partition coefficient (Wildman–Crippen LogP) is 6.69. The first-order chi connectivity index (χ1) is 18.6. The Labute approximate surface area is 230 Å². The Morgan fingerprint density at radius 1 is 1.05 bits per heavy atom. The van der Waals surface area contributed by atoms with Crippen molar-refractivity contribution in [3.8, 4) is 34.0 Å². The van der Waals surface area contributed by atoms with Gasteiger partial charge in [0.15, 0.2) is 11.5 Å². The highest BCUT2D eigenvalue weighted by atomic mass is 28.3. The largest absolute Gasteiger partial charge is 0.493 e. The molecule has 0 amide bonds. The number of hydrogen-bond acceptors (Lipinski definition) is 6. The fourth-order valence-corrected chi connectivity index (χ4v) is 5.75. The van der Waals surface area contributed by atoms with Gasteiger partial charge in [-0.1, -0.05) is 39.6 Å². The van der Waals surface area contributed by atoms with Crippen LogP contribution in [0.15, 0.2) is 55.0 Å². The molecular formula is C30H35FN4O3Si. The SMILES string of the molecule is COc1cc2c(cc1OCc1cccnc1)C(C)(C)c1c(-c3ccc(F)nc3)nn(COCC[Si](C)(C)C)c1-2. The highest BCUT2D eigenvalue weighted by molar-refractivity contribution is 6.76. The Morgan fingerprint density at radius 3 is 2.54 bits per heavy atom. The van der Waals surface area contributed by atoms with Crippen molar-refractivity contribution in [2.75, 3.05) is 13.7 Å². The van der Waals surface area contributed by atoms with E-state index in [9.17, 15) is 4.39 Å². The molecule has 0 saturated carbocycles. The quantitative estimate of drug-likeness (QED) is 0.125. The Balaban J connectivity index is 1.57. The molecule has 0 bridgehead atoms. The zero-order valence-electron chi connectivity index (χ0n) is 23.4. The second-order valence-electron chi connectivity index (χ2n) is 11.6. The number of hydrogen-bond donors (Lipinski definition) is 0. The van der Waals surface area contributed by atoms with E-state index in [0.717, 1.165) is 45.2 Å². The number of fused-ring (bicyclic) bond motifs is 3. The summed E-state index contributed by atoms with van der Waals surface area (Å²) in [5.74, 6) is 0.778. The van der Waals surface area contributed by atoms with Crippen molar-refractivity contribution >= 4 is 8.07 Å². The van der Waals surface area contributed by atoms with Crippen molar-refractivity contribution < 1.29 is 18.6 Å². The molecule has 1 aromatic carbocycles. The average Bonchev–Trinajstić information content (AvgIpc) is 3.39. The van der Waals surface area contributed by atoms with Crippen LogP contribution in [0.3, 0.4) is 0 Å². The van der Waals surface area contributed by atoms with Gasteiger partial charge in [0, 0.05) is 60.9 Å². The molecule has 39 heavy (non-hydrogen) atoms. The van der Waals surface area contributed by atoms with Gasteiger partial charge in [0.25, 0.3) is 0 Å². The topological polar surface area (TPSA) is 71.3 Å². The first kappa shape index (κ1) is 27.0. The summed E-state index contributed by atoms with van der Waals surface area (Å²) in [5, 5.41) is 4.98. The van der Waals surface area contributed by atoms with Crippen molar-refractivity contribution in [1.29, 1.82) is 0 Å². The first-order valence-electron chi connectivity index (χ1n) is 13.1. The molecule has 3 heterocycles. The van der Waals surface area contributed by atoms with E-state index in [1.807, 2.05) is 22.9 Å². The van der Waals surface area contributed by atoms with Crippen LogP contribution in [0.2, 0.25) is 25.7 Å². The van der Waals surface area contributed by atoms with Gasteiger partial charge in [0.1, 0.15) is 13.3 Å². The van der Waals surface area contributed by atoms with E-state index < -0.39 is 19.4 Å². The van der Waals surface area contributed by atoms with Crippen molar-refractivity contribution in [2.24, 2.45) is 0 Å². The van der Waals surface area contributed by atoms with Crippen LogP contribution >= 0.6 is 0 Å². The van der Waals surface area contributed by atoms with E-state index in [4.69, 9.17) is 19.3 Å². The fourth-order valence-electron chi connectivity index (χ4n) is 4.99. The molecule has 204 valence electrons. The van der Waals surface area contributed by atoms with Crippen LogP contribution in [-0.4, -0.2) is 41.5 Å². The molecular weight excluding hydrogens is 511 g/mol. The number of rotatable bonds is 10. The number of aromatic nitrogens is 4. The summed E-state index contributed by atoms with van der Waals surface area (Å²) in [5.41, 5.74) is 6.22. The molecule has 1 aliphatic carbocycles. The van der Waals surface area contributed by atoms with Crippen molar-refractivity contribution in [2.45, 2.75) is 58.3 Å². The highest BCUT2D eigenvalue weighted by Gasteiger charge is 2.43. The van der Waals surface area contributed by atoms with Gasteiger partial charge >= 0.3 is 0 Å². The van der Waals surface area contributed by atoms with E-state index in [0.29, 0.717) is 31.4 Å². The lowest BCUT2D eigenvalue weighted by Gasteiger charge is -2.23. The first-order valence-corrected chi connectivity index (χ1v) is 16.8. The minimum absolute atomic E-state index is 0.318. The second kappa shape index (κ2) is 10.5. The van der Waals surface area contributed by atoms with E-state index in [1.165, 1.54) is 12.3 Å². The Kier molecular flexibility index (Phi) is 7.30. The summed E-state index contributed by atoms with van der Waals surface area (Å²) in [6.07, 6.45) is 5.07. The van der Waals surface area contributed by atoms with Gasteiger partial charge in [-0.15, -0.1) is 0 Å². The Hall–Kier alpha value is -3.56. The highest BCUT2D eigenvalue weighted by Crippen LogP contribution is 2.54. The molecule has 9 heteroatoms. The maximum absolute atomic E-state index is 13.7. The van der Waals surface area contributed by atoms with Crippen LogP contribution in [0.1, 0.15) is 30.5 Å². The van der Waals surface area contributed by atoms with Gasteiger partial charge in [-0.3, -0.25) is 4.98 Å². The maximum atomic E-state index is 13.7. The average molecular weight is 547 g/mol. The minimum Gasteiger partial charge on any atom is -0.493 e. The third-order valence-electron chi connectivity index (χ3n) is 7.14. The van der Waals surface area contributed by atoms with Crippen LogP contribution < -0.4 is 9.47 Å². The van der Waals surface area contributed by atoms with Crippen LogP contribution in [0.25, 0.3) is 22.5 Å². The lowest BCUT2D eigenvalue weighted by atomic mass is 9.81. The van der Waals surface area contributed by atoms with E-state index in [-0.39, 0.29) is 0 Å². The van der Waals surface area contributed by atoms with Gasteiger partial charge in [-0.05, 0) is 41.9 Å². The van der Waals surface area contributed by atoms with Gasteiger partial charge < -0.3 is 14.2 Å². The number of methoxy groups -OCH3 is 1. The number of ether oxygens (including phenoxy) is 3. The van der Waals surface area contributed by atoms with Crippen molar-refractivity contribution in [3.05, 3.63) is 77.6 Å². The Morgan fingerprint density at radius 2 is 1.87 bits per heavy atom. The number of benzene rings is 1. The lowest BCUT2D eigenvalue weighted by molar-refractivity contribution is 0.0799. The zero-order valence-corrected chi connectivity index (χ0v) is 24.4. The third-order valence-corrected chi connectivity index (χ3v) is 8.84. The van der Waals surface area contributed by atoms with E-state index in [1.54, 1.807) is 25.6 Å². The smallest absolute Gasteiger partial charge is 0.212 e. The third kappa shape index (κ3) is 5.46. The van der Waals surface area contributed by atoms with E-state index >= 15 is 0 Å². The molecule has 0 unspecified atom stereocenters. The molecule has 0 N–H and O–H groups in total. The molecule has 0 saturated heterocycles. The van der Waals surface area contributed by atoms with Crippen LogP contribution in [-0.2, 0) is 23.5 Å². The van der Waals surface area contributed by atoms with Crippen LogP contribution in [0, 0.1) is 5.95 Å². The van der Waals surface area contributed by atoms with Gasteiger partial charge in [-0.25, -0.2) is 9.67 Å². The molecule has 3 aromatic heterocycles. The summed E-state index contributed by atoms with van der Waals surface area (Å²) < 4.78 is 33.7. The number of nitrogens with zero attached hydrogens (tertiary/aromatic N) is 4. The molecule has 5 rings (SSSR count).